The lowest BCUT2D eigenvalue weighted by molar-refractivity contribution is 0.272. The molecular formula is C61H39N3O. The van der Waals surface area contributed by atoms with E-state index >= 15 is 0 Å². The van der Waals surface area contributed by atoms with Crippen LogP contribution in [0.2, 0.25) is 0 Å². The fraction of sp³-hybridized carbons (Fsp3) is 0.0328. The Morgan fingerprint density at radius 3 is 1.45 bits per heavy atom. The summed E-state index contributed by atoms with van der Waals surface area (Å²) in [6.45, 7) is 0. The van der Waals surface area contributed by atoms with Gasteiger partial charge in [-0.1, -0.05) is 194 Å². The van der Waals surface area contributed by atoms with Gasteiger partial charge in [0.1, 0.15) is 11.9 Å². The van der Waals surface area contributed by atoms with E-state index in [2.05, 4.69) is 212 Å². The monoisotopic (exact) mass is 829 g/mol. The lowest BCUT2D eigenvalue weighted by Crippen LogP contribution is -2.15. The van der Waals surface area contributed by atoms with Gasteiger partial charge in [-0.2, -0.15) is 0 Å². The Bertz CT molecular complexity index is 3500. The molecule has 0 saturated carbocycles. The van der Waals surface area contributed by atoms with Crippen molar-refractivity contribution in [3.8, 4) is 107 Å². The van der Waals surface area contributed by atoms with E-state index < -0.39 is 0 Å². The fourth-order valence-corrected chi connectivity index (χ4v) is 9.37. The number of hydrogen-bond acceptors (Lipinski definition) is 4. The highest BCUT2D eigenvalue weighted by Crippen LogP contribution is 2.50. The van der Waals surface area contributed by atoms with E-state index in [4.69, 9.17) is 19.7 Å². The molecule has 4 nitrogen and oxygen atoms in total. The first-order chi connectivity index (χ1) is 32.2. The third-order valence-corrected chi connectivity index (χ3v) is 12.5. The molecule has 1 aromatic heterocycles. The minimum atomic E-state index is -0.0911. The van der Waals surface area contributed by atoms with Crippen LogP contribution < -0.4 is 4.74 Å². The van der Waals surface area contributed by atoms with Crippen LogP contribution in [0.25, 0.3) is 101 Å². The molecule has 0 saturated heterocycles. The highest BCUT2D eigenvalue weighted by molar-refractivity contribution is 6.07. The molecule has 304 valence electrons. The van der Waals surface area contributed by atoms with Gasteiger partial charge in [0, 0.05) is 22.3 Å². The van der Waals surface area contributed by atoms with Gasteiger partial charge in [0.2, 0.25) is 0 Å². The van der Waals surface area contributed by atoms with Crippen LogP contribution >= 0.6 is 0 Å². The van der Waals surface area contributed by atoms with Gasteiger partial charge in [0.25, 0.3) is 0 Å². The normalized spacial score (nSPS) is 14.5. The number of benzene rings is 9. The van der Waals surface area contributed by atoms with Crippen LogP contribution in [0.4, 0.5) is 0 Å². The van der Waals surface area contributed by atoms with E-state index in [9.17, 15) is 0 Å². The van der Waals surface area contributed by atoms with Gasteiger partial charge in [-0.05, 0) is 109 Å². The second-order valence-electron chi connectivity index (χ2n) is 16.5. The zero-order valence-corrected chi connectivity index (χ0v) is 35.3. The molecule has 0 spiro atoms. The molecule has 0 radical (unpaired) electrons. The summed E-state index contributed by atoms with van der Waals surface area (Å²) in [5, 5.41) is 2.29. The summed E-state index contributed by atoms with van der Waals surface area (Å²) < 4.78 is 6.26. The van der Waals surface area contributed by atoms with Gasteiger partial charge in [0.05, 0.1) is 5.92 Å². The van der Waals surface area contributed by atoms with Crippen LogP contribution in [0.3, 0.4) is 0 Å². The molecule has 1 aliphatic carbocycles. The largest absolute Gasteiger partial charge is 0.484 e. The van der Waals surface area contributed by atoms with Crippen molar-refractivity contribution in [3.63, 3.8) is 0 Å². The number of rotatable bonds is 8. The Hall–Kier alpha value is -8.65. The van der Waals surface area contributed by atoms with Crippen LogP contribution in [-0.2, 0) is 0 Å². The van der Waals surface area contributed by atoms with Gasteiger partial charge in [-0.15, -0.1) is 0 Å². The van der Waals surface area contributed by atoms with Crippen molar-refractivity contribution in [1.82, 2.24) is 15.0 Å². The zero-order chi connectivity index (χ0) is 43.1. The Morgan fingerprint density at radius 2 is 0.831 bits per heavy atom. The highest BCUT2D eigenvalue weighted by atomic mass is 16.5. The Kier molecular flexibility index (Phi) is 9.51. The molecule has 0 bridgehead atoms. The maximum Gasteiger partial charge on any atom is 0.164 e. The summed E-state index contributed by atoms with van der Waals surface area (Å²) in [5.41, 5.74) is 15.3. The Morgan fingerprint density at radius 1 is 0.369 bits per heavy atom. The molecule has 0 N–H and O–H groups in total. The van der Waals surface area contributed by atoms with Crippen molar-refractivity contribution in [1.29, 1.82) is 0 Å². The smallest absolute Gasteiger partial charge is 0.164 e. The van der Waals surface area contributed by atoms with Gasteiger partial charge in [-0.25, -0.2) is 15.0 Å². The molecular weight excluding hydrogens is 791 g/mol. The van der Waals surface area contributed by atoms with Crippen molar-refractivity contribution in [2.45, 2.75) is 12.0 Å². The van der Waals surface area contributed by atoms with E-state index in [1.165, 1.54) is 16.7 Å². The van der Waals surface area contributed by atoms with E-state index in [1.54, 1.807) is 0 Å². The van der Waals surface area contributed by atoms with Crippen LogP contribution in [-0.4, -0.2) is 21.1 Å². The molecule has 2 heterocycles. The van der Waals surface area contributed by atoms with E-state index in [-0.39, 0.29) is 12.0 Å². The zero-order valence-electron chi connectivity index (χ0n) is 35.3. The quantitative estimate of drug-likeness (QED) is 0.143. The van der Waals surface area contributed by atoms with Crippen molar-refractivity contribution < 1.29 is 4.74 Å². The number of allylic oxidation sites excluding steroid dienone is 1. The first kappa shape index (κ1) is 38.1. The minimum absolute atomic E-state index is 0.0314. The molecule has 0 fully saturated rings. The molecule has 12 rings (SSSR count). The number of hydrogen-bond donors (Lipinski definition) is 0. The average Bonchev–Trinajstić information content (AvgIpc) is 3.77. The highest BCUT2D eigenvalue weighted by Gasteiger charge is 2.33. The third kappa shape index (κ3) is 7.06. The van der Waals surface area contributed by atoms with Gasteiger partial charge in [0.15, 0.2) is 17.5 Å². The minimum Gasteiger partial charge on any atom is -0.484 e. The van der Waals surface area contributed by atoms with Crippen molar-refractivity contribution in [2.75, 3.05) is 0 Å². The number of ether oxygens (including phenoxy) is 1. The van der Waals surface area contributed by atoms with Gasteiger partial charge in [-0.3, -0.25) is 0 Å². The maximum absolute atomic E-state index is 6.26. The SMILES string of the molecule is C1#CC2c3cc(-c4nc(-c5ccc(-c6cc(-c7ccccc7)c(-c7ccccc7)c(-c7ccccc7)c6-c6ccccc6)cc5)nc(-c5ccc6ccccc6c5)n4)ccc3OC2C=C1. The van der Waals surface area contributed by atoms with E-state index in [0.29, 0.717) is 17.5 Å². The lowest BCUT2D eigenvalue weighted by atomic mass is 9.79. The van der Waals surface area contributed by atoms with Gasteiger partial charge < -0.3 is 4.74 Å². The standard InChI is InChI=1S/C61H39N3O/c1-5-18-41(19-6-1)51-39-52(57(44-22-9-3-10-23-44)58(45-24-11-4-12-25-45)56(51)43-20-7-2-8-21-43)42-30-32-46(33-31-42)59-62-60(48-34-29-40-17-13-14-26-47(40)37-48)64-61(63-59)49-35-36-55-53(38-49)50-27-15-16-28-54(50)65-55/h1-14,16-26,28-39,50,54H. The van der Waals surface area contributed by atoms with Crippen LogP contribution in [0, 0.1) is 11.8 Å². The summed E-state index contributed by atoms with van der Waals surface area (Å²) in [6.07, 6.45) is 3.82. The maximum atomic E-state index is 6.26. The lowest BCUT2D eigenvalue weighted by Gasteiger charge is -2.24. The third-order valence-electron chi connectivity index (χ3n) is 12.5. The van der Waals surface area contributed by atoms with Crippen molar-refractivity contribution in [2.24, 2.45) is 0 Å². The fourth-order valence-electron chi connectivity index (χ4n) is 9.37. The molecule has 2 unspecified atom stereocenters. The molecule has 0 amide bonds. The molecule has 1 aliphatic heterocycles. The van der Waals surface area contributed by atoms with E-state index in [0.717, 1.165) is 77.7 Å². The predicted octanol–water partition coefficient (Wildman–Crippen LogP) is 14.8. The van der Waals surface area contributed by atoms with E-state index in [1.807, 2.05) is 24.3 Å². The summed E-state index contributed by atoms with van der Waals surface area (Å²) in [4.78, 5) is 15.5. The number of fused-ring (bicyclic) bond motifs is 4. The molecule has 10 aromatic rings. The second-order valence-corrected chi connectivity index (χ2v) is 16.5. The summed E-state index contributed by atoms with van der Waals surface area (Å²) in [5.74, 6) is 9.12. The Balaban J connectivity index is 1.05. The average molecular weight is 830 g/mol. The first-order valence-electron chi connectivity index (χ1n) is 22.0. The molecule has 2 aliphatic rings. The van der Waals surface area contributed by atoms with Crippen LogP contribution in [0.5, 0.6) is 5.75 Å². The topological polar surface area (TPSA) is 47.9 Å². The molecule has 65 heavy (non-hydrogen) atoms. The summed E-state index contributed by atoms with van der Waals surface area (Å²) in [7, 11) is 0. The van der Waals surface area contributed by atoms with Gasteiger partial charge >= 0.3 is 0 Å². The van der Waals surface area contributed by atoms with Crippen LogP contribution in [0.1, 0.15) is 11.5 Å². The second kappa shape index (κ2) is 16.2. The molecule has 9 aromatic carbocycles. The first-order valence-corrected chi connectivity index (χ1v) is 22.0. The number of aromatic nitrogens is 3. The van der Waals surface area contributed by atoms with Crippen molar-refractivity contribution >= 4 is 10.8 Å². The van der Waals surface area contributed by atoms with Crippen molar-refractivity contribution in [3.05, 3.63) is 230 Å². The Labute approximate surface area is 378 Å². The predicted molar refractivity (Wildman–Crippen MR) is 265 cm³/mol. The van der Waals surface area contributed by atoms with Crippen LogP contribution in [0.15, 0.2) is 224 Å². The molecule has 2 atom stereocenters. The summed E-state index contributed by atoms with van der Waals surface area (Å²) in [6, 6.07) is 75.2. The molecule has 4 heteroatoms. The summed E-state index contributed by atoms with van der Waals surface area (Å²) >= 11 is 0. The number of nitrogens with zero attached hydrogens (tertiary/aromatic N) is 3.